The molecular weight excluding hydrogens is 372 g/mol. The lowest BCUT2D eigenvalue weighted by atomic mass is 10.1. The van der Waals surface area contributed by atoms with Crippen LogP contribution in [0.3, 0.4) is 0 Å². The van der Waals surface area contributed by atoms with Crippen LogP contribution in [0.15, 0.2) is 24.3 Å². The second kappa shape index (κ2) is 8.17. The molecule has 1 aromatic heterocycles. The molecule has 9 nitrogen and oxygen atoms in total. The predicted octanol–water partition coefficient (Wildman–Crippen LogP) is 1.52. The first-order valence-electron chi connectivity index (χ1n) is 8.40. The van der Waals surface area contributed by atoms with Crippen LogP contribution in [0, 0.1) is 6.92 Å². The predicted molar refractivity (Wildman–Crippen MR) is 98.3 cm³/mol. The Labute approximate surface area is 160 Å². The summed E-state index contributed by atoms with van der Waals surface area (Å²) in [6.45, 7) is 3.53. The SMILES string of the molecule is Cc1nnn(Cc2cc(Cl)ccc2C=CC(=O)N2CCN(C(=O)O)CC2)n1. The van der Waals surface area contributed by atoms with E-state index in [-0.39, 0.29) is 5.91 Å². The van der Waals surface area contributed by atoms with E-state index < -0.39 is 6.09 Å². The number of piperazine rings is 1. The maximum Gasteiger partial charge on any atom is 0.407 e. The van der Waals surface area contributed by atoms with Crippen LogP contribution >= 0.6 is 11.6 Å². The van der Waals surface area contributed by atoms with Gasteiger partial charge in [0.2, 0.25) is 5.91 Å². The molecule has 2 heterocycles. The fourth-order valence-corrected chi connectivity index (χ4v) is 3.00. The molecule has 3 rings (SSSR count). The lowest BCUT2D eigenvalue weighted by Gasteiger charge is -2.32. The Morgan fingerprint density at radius 1 is 1.22 bits per heavy atom. The molecule has 2 amide bonds. The van der Waals surface area contributed by atoms with Crippen molar-refractivity contribution in [3.05, 3.63) is 46.2 Å². The van der Waals surface area contributed by atoms with Crippen molar-refractivity contribution in [1.29, 1.82) is 0 Å². The van der Waals surface area contributed by atoms with Gasteiger partial charge in [-0.15, -0.1) is 10.2 Å². The molecule has 0 bridgehead atoms. The van der Waals surface area contributed by atoms with Crippen LogP contribution in [0.4, 0.5) is 4.79 Å². The Balaban J connectivity index is 1.69. The highest BCUT2D eigenvalue weighted by Gasteiger charge is 2.22. The number of rotatable bonds is 4. The first kappa shape index (κ1) is 18.8. The van der Waals surface area contributed by atoms with Gasteiger partial charge in [0.25, 0.3) is 0 Å². The van der Waals surface area contributed by atoms with Crippen LogP contribution in [0.2, 0.25) is 5.02 Å². The minimum absolute atomic E-state index is 0.157. The molecule has 0 aliphatic carbocycles. The minimum atomic E-state index is -0.958. The zero-order valence-corrected chi connectivity index (χ0v) is 15.5. The third-order valence-corrected chi connectivity index (χ3v) is 4.47. The van der Waals surface area contributed by atoms with Crippen LogP contribution < -0.4 is 0 Å². The van der Waals surface area contributed by atoms with Gasteiger partial charge in [0.15, 0.2) is 5.82 Å². The Kier molecular flexibility index (Phi) is 5.70. The third-order valence-electron chi connectivity index (χ3n) is 4.24. The molecule has 0 saturated carbocycles. The highest BCUT2D eigenvalue weighted by molar-refractivity contribution is 6.30. The minimum Gasteiger partial charge on any atom is -0.465 e. The van der Waals surface area contributed by atoms with Crippen LogP contribution in [0.1, 0.15) is 17.0 Å². The Morgan fingerprint density at radius 3 is 2.56 bits per heavy atom. The van der Waals surface area contributed by atoms with Gasteiger partial charge in [0.1, 0.15) is 0 Å². The number of carbonyl (C=O) groups excluding carboxylic acids is 1. The number of carbonyl (C=O) groups is 2. The smallest absolute Gasteiger partial charge is 0.407 e. The van der Waals surface area contributed by atoms with Gasteiger partial charge in [0, 0.05) is 37.3 Å². The number of aryl methyl sites for hydroxylation is 1. The number of nitrogens with zero attached hydrogens (tertiary/aromatic N) is 6. The van der Waals surface area contributed by atoms with Gasteiger partial charge in [-0.3, -0.25) is 4.79 Å². The van der Waals surface area contributed by atoms with Crippen LogP contribution in [-0.4, -0.2) is 73.3 Å². The number of aromatic nitrogens is 4. The van der Waals surface area contributed by atoms with Gasteiger partial charge < -0.3 is 14.9 Å². The van der Waals surface area contributed by atoms with Crippen molar-refractivity contribution >= 4 is 29.7 Å². The van der Waals surface area contributed by atoms with Crippen molar-refractivity contribution in [1.82, 2.24) is 30.0 Å². The Morgan fingerprint density at radius 2 is 1.93 bits per heavy atom. The molecule has 0 unspecified atom stereocenters. The molecule has 1 saturated heterocycles. The quantitative estimate of drug-likeness (QED) is 0.793. The van der Waals surface area contributed by atoms with Gasteiger partial charge in [0.05, 0.1) is 6.54 Å². The molecule has 1 fully saturated rings. The standard InChI is InChI=1S/C17H19ClN6O3/c1-12-19-21-24(20-12)11-14-10-15(18)4-2-13(14)3-5-16(25)22-6-8-23(9-7-22)17(26)27/h2-5,10H,6-9,11H2,1H3,(H,26,27). The number of tetrazole rings is 1. The zero-order chi connectivity index (χ0) is 19.4. The summed E-state index contributed by atoms with van der Waals surface area (Å²) in [5.41, 5.74) is 1.69. The lowest BCUT2D eigenvalue weighted by molar-refractivity contribution is -0.127. The highest BCUT2D eigenvalue weighted by atomic mass is 35.5. The summed E-state index contributed by atoms with van der Waals surface area (Å²) in [6, 6.07) is 5.38. The summed E-state index contributed by atoms with van der Waals surface area (Å²) < 4.78 is 0. The summed E-state index contributed by atoms with van der Waals surface area (Å²) in [5.74, 6) is 0.417. The van der Waals surface area contributed by atoms with E-state index >= 15 is 0 Å². The lowest BCUT2D eigenvalue weighted by Crippen LogP contribution is -2.49. The largest absolute Gasteiger partial charge is 0.465 e. The molecule has 1 aliphatic heterocycles. The fourth-order valence-electron chi connectivity index (χ4n) is 2.80. The third kappa shape index (κ3) is 4.82. The van der Waals surface area contributed by atoms with Gasteiger partial charge in [-0.2, -0.15) is 4.80 Å². The van der Waals surface area contributed by atoms with E-state index in [1.807, 2.05) is 6.07 Å². The monoisotopic (exact) mass is 390 g/mol. The molecule has 1 aliphatic rings. The van der Waals surface area contributed by atoms with Crippen molar-refractivity contribution in [3.8, 4) is 0 Å². The summed E-state index contributed by atoms with van der Waals surface area (Å²) in [5, 5.41) is 21.5. The van der Waals surface area contributed by atoms with Crippen molar-refractivity contribution in [3.63, 3.8) is 0 Å². The van der Waals surface area contributed by atoms with Gasteiger partial charge in [-0.05, 0) is 41.5 Å². The molecule has 27 heavy (non-hydrogen) atoms. The van der Waals surface area contributed by atoms with Crippen LogP contribution in [0.25, 0.3) is 6.08 Å². The molecule has 0 spiro atoms. The topological polar surface area (TPSA) is 104 Å². The number of hydrogen-bond donors (Lipinski definition) is 1. The summed E-state index contributed by atoms with van der Waals surface area (Å²) >= 11 is 6.09. The molecule has 0 radical (unpaired) electrons. The van der Waals surface area contributed by atoms with E-state index in [0.717, 1.165) is 11.1 Å². The summed E-state index contributed by atoms with van der Waals surface area (Å²) in [7, 11) is 0. The summed E-state index contributed by atoms with van der Waals surface area (Å²) in [4.78, 5) is 27.7. The molecule has 1 N–H and O–H groups in total. The second-order valence-corrected chi connectivity index (χ2v) is 6.57. The van der Waals surface area contributed by atoms with E-state index in [1.165, 1.54) is 15.8 Å². The van der Waals surface area contributed by atoms with E-state index in [0.29, 0.717) is 43.6 Å². The molecule has 10 heteroatoms. The second-order valence-electron chi connectivity index (χ2n) is 6.14. The number of carboxylic acid groups (broad SMARTS) is 1. The first-order chi connectivity index (χ1) is 12.9. The summed E-state index contributed by atoms with van der Waals surface area (Å²) in [6.07, 6.45) is 2.25. The van der Waals surface area contributed by atoms with Crippen LogP contribution in [0.5, 0.6) is 0 Å². The maximum absolute atomic E-state index is 12.4. The van der Waals surface area contributed by atoms with Crippen molar-refractivity contribution in [2.45, 2.75) is 13.5 Å². The number of benzene rings is 1. The Bertz CT molecular complexity index is 873. The van der Waals surface area contributed by atoms with E-state index in [9.17, 15) is 9.59 Å². The van der Waals surface area contributed by atoms with Crippen LogP contribution in [-0.2, 0) is 11.3 Å². The van der Waals surface area contributed by atoms with E-state index in [4.69, 9.17) is 16.7 Å². The average molecular weight is 391 g/mol. The Hall–Kier alpha value is -2.94. The molecule has 1 aromatic carbocycles. The van der Waals surface area contributed by atoms with Crippen molar-refractivity contribution in [2.75, 3.05) is 26.2 Å². The highest BCUT2D eigenvalue weighted by Crippen LogP contribution is 2.18. The van der Waals surface area contributed by atoms with Gasteiger partial charge in [-0.25, -0.2) is 4.79 Å². The molecular formula is C17H19ClN6O3. The van der Waals surface area contributed by atoms with Crippen molar-refractivity contribution in [2.24, 2.45) is 0 Å². The van der Waals surface area contributed by atoms with Gasteiger partial charge in [-0.1, -0.05) is 17.7 Å². The van der Waals surface area contributed by atoms with Crippen molar-refractivity contribution < 1.29 is 14.7 Å². The normalized spacial score (nSPS) is 14.7. The fraction of sp³-hybridized carbons (Fsp3) is 0.353. The van der Waals surface area contributed by atoms with E-state index in [1.54, 1.807) is 30.0 Å². The van der Waals surface area contributed by atoms with Gasteiger partial charge >= 0.3 is 6.09 Å². The zero-order valence-electron chi connectivity index (χ0n) is 14.7. The average Bonchev–Trinajstić information content (AvgIpc) is 3.05. The van der Waals surface area contributed by atoms with E-state index in [2.05, 4.69) is 15.4 Å². The number of amides is 2. The first-order valence-corrected chi connectivity index (χ1v) is 8.78. The number of hydrogen-bond acceptors (Lipinski definition) is 5. The number of halogens is 1. The molecule has 0 atom stereocenters. The molecule has 142 valence electrons. The maximum atomic E-state index is 12.4. The molecule has 2 aromatic rings.